The Balaban J connectivity index is 2.16. The van der Waals surface area contributed by atoms with Crippen molar-refractivity contribution >= 4 is 6.09 Å². The Morgan fingerprint density at radius 2 is 2.15 bits per heavy atom. The van der Waals surface area contributed by atoms with Gasteiger partial charge >= 0.3 is 6.09 Å². The molecule has 0 aromatic carbocycles. The molecule has 0 aromatic rings. The molecule has 1 heterocycles. The van der Waals surface area contributed by atoms with Crippen molar-refractivity contribution in [2.24, 2.45) is 0 Å². The molecule has 76 valence electrons. The standard InChI is InChI=1S/C9H18N2O2/c1-3-8(2)13-9(12)10-11-6-4-5-7-11/h8H,3-7H2,1-2H3,(H,10,12). The molecule has 0 radical (unpaired) electrons. The van der Waals surface area contributed by atoms with Crippen molar-refractivity contribution in [1.29, 1.82) is 0 Å². The highest BCUT2D eigenvalue weighted by Crippen LogP contribution is 2.04. The average molecular weight is 186 g/mol. The second kappa shape index (κ2) is 5.07. The van der Waals surface area contributed by atoms with E-state index < -0.39 is 0 Å². The zero-order chi connectivity index (χ0) is 9.68. The Kier molecular flexibility index (Phi) is 4.02. The number of rotatable bonds is 3. The maximum Gasteiger partial charge on any atom is 0.422 e. The first-order valence-electron chi connectivity index (χ1n) is 4.94. The van der Waals surface area contributed by atoms with E-state index in [-0.39, 0.29) is 12.2 Å². The van der Waals surface area contributed by atoms with Crippen LogP contribution in [0.25, 0.3) is 0 Å². The predicted octanol–water partition coefficient (Wildman–Crippen LogP) is 1.52. The van der Waals surface area contributed by atoms with E-state index >= 15 is 0 Å². The number of amides is 1. The van der Waals surface area contributed by atoms with Gasteiger partial charge in [0.05, 0.1) is 0 Å². The van der Waals surface area contributed by atoms with Crippen LogP contribution in [0, 0.1) is 0 Å². The monoisotopic (exact) mass is 186 g/mol. The van der Waals surface area contributed by atoms with Gasteiger partial charge in [-0.05, 0) is 26.2 Å². The van der Waals surface area contributed by atoms with Gasteiger partial charge in [-0.25, -0.2) is 9.80 Å². The lowest BCUT2D eigenvalue weighted by molar-refractivity contribution is 0.0808. The fourth-order valence-corrected chi connectivity index (χ4v) is 1.25. The number of nitrogens with one attached hydrogen (secondary N) is 1. The van der Waals surface area contributed by atoms with Gasteiger partial charge in [-0.15, -0.1) is 0 Å². The van der Waals surface area contributed by atoms with Gasteiger partial charge in [0, 0.05) is 13.1 Å². The number of carbonyl (C=O) groups excluding carboxylic acids is 1. The van der Waals surface area contributed by atoms with Crippen LogP contribution >= 0.6 is 0 Å². The van der Waals surface area contributed by atoms with Crippen LogP contribution in [0.3, 0.4) is 0 Å². The molecule has 4 heteroatoms. The van der Waals surface area contributed by atoms with Crippen molar-refractivity contribution in [1.82, 2.24) is 10.4 Å². The zero-order valence-electron chi connectivity index (χ0n) is 8.38. The fourth-order valence-electron chi connectivity index (χ4n) is 1.25. The van der Waals surface area contributed by atoms with Gasteiger partial charge in [-0.1, -0.05) is 6.92 Å². The van der Waals surface area contributed by atoms with Crippen molar-refractivity contribution in [3.8, 4) is 0 Å². The highest BCUT2D eigenvalue weighted by Gasteiger charge is 2.15. The van der Waals surface area contributed by atoms with Crippen molar-refractivity contribution in [2.75, 3.05) is 13.1 Å². The maximum atomic E-state index is 11.2. The van der Waals surface area contributed by atoms with E-state index in [1.165, 1.54) is 0 Å². The summed E-state index contributed by atoms with van der Waals surface area (Å²) < 4.78 is 5.07. The summed E-state index contributed by atoms with van der Waals surface area (Å²) >= 11 is 0. The van der Waals surface area contributed by atoms with Crippen LogP contribution in [0.4, 0.5) is 4.79 Å². The summed E-state index contributed by atoms with van der Waals surface area (Å²) in [5, 5.41) is 1.91. The number of nitrogens with zero attached hydrogens (tertiary/aromatic N) is 1. The predicted molar refractivity (Wildman–Crippen MR) is 50.2 cm³/mol. The van der Waals surface area contributed by atoms with E-state index in [1.54, 1.807) is 0 Å². The number of ether oxygens (including phenoxy) is 1. The first kappa shape index (κ1) is 10.3. The number of carbonyl (C=O) groups is 1. The fraction of sp³-hybridized carbons (Fsp3) is 0.889. The highest BCUT2D eigenvalue weighted by molar-refractivity contribution is 5.66. The minimum Gasteiger partial charge on any atom is -0.446 e. The Hall–Kier alpha value is -0.770. The van der Waals surface area contributed by atoms with Crippen molar-refractivity contribution in [3.05, 3.63) is 0 Å². The van der Waals surface area contributed by atoms with Crippen molar-refractivity contribution in [2.45, 2.75) is 39.2 Å². The molecule has 1 atom stereocenters. The molecule has 0 aliphatic carbocycles. The second-order valence-electron chi connectivity index (χ2n) is 3.43. The lowest BCUT2D eigenvalue weighted by atomic mass is 10.3. The topological polar surface area (TPSA) is 41.6 Å². The van der Waals surface area contributed by atoms with Gasteiger partial charge in [0.2, 0.25) is 0 Å². The van der Waals surface area contributed by atoms with E-state index in [0.717, 1.165) is 32.4 Å². The highest BCUT2D eigenvalue weighted by atomic mass is 16.6. The molecule has 1 amide bonds. The van der Waals surface area contributed by atoms with E-state index in [0.29, 0.717) is 0 Å². The summed E-state index contributed by atoms with van der Waals surface area (Å²) in [7, 11) is 0. The SMILES string of the molecule is CCC(C)OC(=O)NN1CCCC1. The smallest absolute Gasteiger partial charge is 0.422 e. The third-order valence-electron chi connectivity index (χ3n) is 2.24. The zero-order valence-corrected chi connectivity index (χ0v) is 8.38. The molecule has 0 bridgehead atoms. The lowest BCUT2D eigenvalue weighted by Gasteiger charge is -2.18. The summed E-state index contributed by atoms with van der Waals surface area (Å²) in [5.74, 6) is 0. The first-order valence-corrected chi connectivity index (χ1v) is 4.94. The van der Waals surface area contributed by atoms with Gasteiger partial charge in [-0.2, -0.15) is 0 Å². The molecule has 4 nitrogen and oxygen atoms in total. The van der Waals surface area contributed by atoms with Crippen LogP contribution in [0.15, 0.2) is 0 Å². The molecule has 1 aliphatic rings. The van der Waals surface area contributed by atoms with Gasteiger partial charge in [0.1, 0.15) is 6.10 Å². The number of hydrogen-bond donors (Lipinski definition) is 1. The number of hydrazine groups is 1. The molecule has 1 rings (SSSR count). The molecule has 0 saturated carbocycles. The Bertz CT molecular complexity index is 167. The summed E-state index contributed by atoms with van der Waals surface area (Å²) in [4.78, 5) is 11.2. The molecule has 1 fully saturated rings. The molecule has 1 unspecified atom stereocenters. The van der Waals surface area contributed by atoms with Crippen molar-refractivity contribution in [3.63, 3.8) is 0 Å². The van der Waals surface area contributed by atoms with Gasteiger partial charge in [0.15, 0.2) is 0 Å². The Morgan fingerprint density at radius 3 is 2.69 bits per heavy atom. The van der Waals surface area contributed by atoms with Crippen LogP contribution in [-0.2, 0) is 4.74 Å². The molecule has 1 N–H and O–H groups in total. The summed E-state index contributed by atoms with van der Waals surface area (Å²) in [6.07, 6.45) is 2.85. The van der Waals surface area contributed by atoms with Gasteiger partial charge < -0.3 is 4.74 Å². The quantitative estimate of drug-likeness (QED) is 0.726. The van der Waals surface area contributed by atoms with E-state index in [4.69, 9.17) is 4.74 Å². The van der Waals surface area contributed by atoms with Gasteiger partial charge in [-0.3, -0.25) is 5.43 Å². The van der Waals surface area contributed by atoms with Crippen LogP contribution < -0.4 is 5.43 Å². The van der Waals surface area contributed by atoms with Gasteiger partial charge in [0.25, 0.3) is 0 Å². The molecular weight excluding hydrogens is 168 g/mol. The van der Waals surface area contributed by atoms with E-state index in [1.807, 2.05) is 18.9 Å². The molecule has 1 saturated heterocycles. The molecular formula is C9H18N2O2. The summed E-state index contributed by atoms with van der Waals surface area (Å²) in [5.41, 5.74) is 2.72. The minimum atomic E-state index is -0.323. The third kappa shape index (κ3) is 3.63. The van der Waals surface area contributed by atoms with Crippen LogP contribution in [-0.4, -0.2) is 30.3 Å². The minimum absolute atomic E-state index is 0.00241. The molecule has 1 aliphatic heterocycles. The normalized spacial score (nSPS) is 19.8. The van der Waals surface area contributed by atoms with Crippen molar-refractivity contribution < 1.29 is 9.53 Å². The Morgan fingerprint density at radius 1 is 1.54 bits per heavy atom. The van der Waals surface area contributed by atoms with Crippen LogP contribution in [0.1, 0.15) is 33.1 Å². The summed E-state index contributed by atoms with van der Waals surface area (Å²) in [6.45, 7) is 5.77. The lowest BCUT2D eigenvalue weighted by Crippen LogP contribution is -2.41. The van der Waals surface area contributed by atoms with E-state index in [9.17, 15) is 4.79 Å². The molecule has 13 heavy (non-hydrogen) atoms. The molecule has 0 aromatic heterocycles. The summed E-state index contributed by atoms with van der Waals surface area (Å²) in [6, 6.07) is 0. The third-order valence-corrected chi connectivity index (χ3v) is 2.24. The molecule has 0 spiro atoms. The average Bonchev–Trinajstić information content (AvgIpc) is 2.56. The largest absolute Gasteiger partial charge is 0.446 e. The van der Waals surface area contributed by atoms with Crippen LogP contribution in [0.2, 0.25) is 0 Å². The number of hydrogen-bond acceptors (Lipinski definition) is 3. The maximum absolute atomic E-state index is 11.2. The Labute approximate surface area is 79.2 Å². The van der Waals surface area contributed by atoms with E-state index in [2.05, 4.69) is 5.43 Å². The van der Waals surface area contributed by atoms with Crippen LogP contribution in [0.5, 0.6) is 0 Å². The first-order chi connectivity index (χ1) is 6.22. The second-order valence-corrected chi connectivity index (χ2v) is 3.43.